The van der Waals surface area contributed by atoms with E-state index in [0.29, 0.717) is 0 Å². The zero-order valence-electron chi connectivity index (χ0n) is 20.1. The molecule has 1 atom stereocenters. The van der Waals surface area contributed by atoms with Crippen LogP contribution in [0.15, 0.2) is 0 Å². The topological polar surface area (TPSA) is 0 Å². The highest BCUT2D eigenvalue weighted by Gasteiger charge is 2.31. The standard InChI is InChI=1S/C26H48S/c1-10-13-14-15-16-18-20(12-3)19-22-21(17-11-2)23(25(4,5)6)27-24(22)26(7,8)9/h20H,10-19H2,1-9H3. The summed E-state index contributed by atoms with van der Waals surface area (Å²) in [7, 11) is 0. The van der Waals surface area contributed by atoms with Crippen LogP contribution in [-0.2, 0) is 23.7 Å². The maximum Gasteiger partial charge on any atom is 0.0137 e. The van der Waals surface area contributed by atoms with Crippen molar-refractivity contribution in [1.82, 2.24) is 0 Å². The molecule has 0 saturated carbocycles. The normalized spacial score (nSPS) is 14.0. The first-order valence-electron chi connectivity index (χ1n) is 11.7. The van der Waals surface area contributed by atoms with Crippen molar-refractivity contribution in [1.29, 1.82) is 0 Å². The second kappa shape index (κ2) is 11.0. The average Bonchev–Trinajstić information content (AvgIpc) is 2.92. The van der Waals surface area contributed by atoms with Gasteiger partial charge in [0, 0.05) is 9.75 Å². The quantitative estimate of drug-likeness (QED) is 0.329. The van der Waals surface area contributed by atoms with Crippen LogP contribution < -0.4 is 0 Å². The van der Waals surface area contributed by atoms with Crippen molar-refractivity contribution in [3.8, 4) is 0 Å². The van der Waals surface area contributed by atoms with E-state index in [0.717, 1.165) is 5.92 Å². The molecule has 0 saturated heterocycles. The van der Waals surface area contributed by atoms with Crippen LogP contribution in [-0.4, -0.2) is 0 Å². The largest absolute Gasteiger partial charge is 0.144 e. The van der Waals surface area contributed by atoms with Crippen molar-refractivity contribution in [3.05, 3.63) is 20.9 Å². The summed E-state index contributed by atoms with van der Waals surface area (Å²) in [6, 6.07) is 0. The molecule has 0 nitrogen and oxygen atoms in total. The summed E-state index contributed by atoms with van der Waals surface area (Å²) in [6.07, 6.45) is 13.6. The average molecular weight is 393 g/mol. The Morgan fingerprint density at radius 3 is 1.74 bits per heavy atom. The van der Waals surface area contributed by atoms with Crippen LogP contribution in [0.4, 0.5) is 0 Å². The van der Waals surface area contributed by atoms with Crippen LogP contribution in [0.1, 0.15) is 135 Å². The van der Waals surface area contributed by atoms with E-state index in [2.05, 4.69) is 73.7 Å². The van der Waals surface area contributed by atoms with E-state index in [-0.39, 0.29) is 10.8 Å². The van der Waals surface area contributed by atoms with Crippen LogP contribution in [0.5, 0.6) is 0 Å². The van der Waals surface area contributed by atoms with Gasteiger partial charge in [0.2, 0.25) is 0 Å². The molecule has 0 amide bonds. The third-order valence-corrected chi connectivity index (χ3v) is 7.89. The highest BCUT2D eigenvalue weighted by Crippen LogP contribution is 2.44. The fourth-order valence-electron chi connectivity index (χ4n) is 4.22. The van der Waals surface area contributed by atoms with Gasteiger partial charge < -0.3 is 0 Å². The van der Waals surface area contributed by atoms with Crippen molar-refractivity contribution in [2.45, 2.75) is 137 Å². The molecule has 1 aromatic rings. The fraction of sp³-hybridized carbons (Fsp3) is 0.846. The molecule has 1 rings (SSSR count). The fourth-order valence-corrected chi connectivity index (χ4v) is 5.71. The van der Waals surface area contributed by atoms with Crippen molar-refractivity contribution in [2.24, 2.45) is 5.92 Å². The van der Waals surface area contributed by atoms with E-state index in [1.165, 1.54) is 64.2 Å². The minimum absolute atomic E-state index is 0.255. The Balaban J connectivity index is 3.12. The van der Waals surface area contributed by atoms with Crippen molar-refractivity contribution >= 4 is 11.3 Å². The molecule has 0 aromatic carbocycles. The number of thiophene rings is 1. The zero-order valence-corrected chi connectivity index (χ0v) is 20.9. The van der Waals surface area contributed by atoms with Crippen LogP contribution in [0, 0.1) is 5.92 Å². The molecular weight excluding hydrogens is 344 g/mol. The third kappa shape index (κ3) is 7.56. The molecule has 1 aromatic heterocycles. The minimum atomic E-state index is 0.255. The van der Waals surface area contributed by atoms with Crippen molar-refractivity contribution in [3.63, 3.8) is 0 Å². The lowest BCUT2D eigenvalue weighted by molar-refractivity contribution is 0.432. The monoisotopic (exact) mass is 392 g/mol. The molecule has 0 N–H and O–H groups in total. The zero-order chi connectivity index (χ0) is 20.7. The predicted octanol–water partition coefficient (Wildman–Crippen LogP) is 9.22. The van der Waals surface area contributed by atoms with Gasteiger partial charge in [-0.3, -0.25) is 0 Å². The smallest absolute Gasteiger partial charge is 0.0137 e. The molecule has 0 radical (unpaired) electrons. The van der Waals surface area contributed by atoms with Crippen molar-refractivity contribution < 1.29 is 0 Å². The van der Waals surface area contributed by atoms with Gasteiger partial charge in [-0.05, 0) is 40.7 Å². The highest BCUT2D eigenvalue weighted by atomic mass is 32.1. The number of rotatable bonds is 11. The van der Waals surface area contributed by atoms with Gasteiger partial charge in [0.15, 0.2) is 0 Å². The Morgan fingerprint density at radius 1 is 0.704 bits per heavy atom. The lowest BCUT2D eigenvalue weighted by atomic mass is 9.81. The summed E-state index contributed by atoms with van der Waals surface area (Å²) in [5.74, 6) is 0.853. The maximum atomic E-state index is 2.41. The number of unbranched alkanes of at least 4 members (excludes halogenated alkanes) is 4. The number of hydrogen-bond donors (Lipinski definition) is 0. The van der Waals surface area contributed by atoms with Gasteiger partial charge in [0.05, 0.1) is 0 Å². The van der Waals surface area contributed by atoms with E-state index in [1.54, 1.807) is 20.9 Å². The number of hydrogen-bond acceptors (Lipinski definition) is 1. The molecule has 0 bridgehead atoms. The van der Waals surface area contributed by atoms with Crippen molar-refractivity contribution in [2.75, 3.05) is 0 Å². The van der Waals surface area contributed by atoms with Gasteiger partial charge >= 0.3 is 0 Å². The third-order valence-electron chi connectivity index (χ3n) is 5.77. The summed E-state index contributed by atoms with van der Waals surface area (Å²) >= 11 is 2.13. The predicted molar refractivity (Wildman–Crippen MR) is 127 cm³/mol. The molecule has 1 unspecified atom stereocenters. The first-order valence-corrected chi connectivity index (χ1v) is 12.5. The van der Waals surface area contributed by atoms with Crippen LogP contribution in [0.25, 0.3) is 0 Å². The summed E-state index contributed by atoms with van der Waals surface area (Å²) in [5, 5.41) is 0. The molecule has 0 aliphatic rings. The SMILES string of the molecule is CCCCCCCC(CC)Cc1c(C(C)(C)C)sc(C(C)(C)C)c1CCC. The van der Waals surface area contributed by atoms with Crippen LogP contribution in [0.2, 0.25) is 0 Å². The van der Waals surface area contributed by atoms with Gasteiger partial charge in [0.25, 0.3) is 0 Å². The molecule has 0 aliphatic carbocycles. The van der Waals surface area contributed by atoms with Crippen LogP contribution in [0.3, 0.4) is 0 Å². The Bertz CT molecular complexity index is 536. The Labute approximate surface area is 175 Å². The Morgan fingerprint density at radius 2 is 1.26 bits per heavy atom. The molecule has 0 spiro atoms. The van der Waals surface area contributed by atoms with E-state index in [1.807, 2.05) is 0 Å². The summed E-state index contributed by atoms with van der Waals surface area (Å²) < 4.78 is 0. The molecular formula is C26H48S. The Hall–Kier alpha value is -0.300. The molecule has 158 valence electrons. The molecule has 27 heavy (non-hydrogen) atoms. The molecule has 0 fully saturated rings. The lowest BCUT2D eigenvalue weighted by Gasteiger charge is -2.23. The molecule has 1 heterocycles. The van der Waals surface area contributed by atoms with E-state index in [9.17, 15) is 0 Å². The maximum absolute atomic E-state index is 2.41. The molecule has 0 aliphatic heterocycles. The van der Waals surface area contributed by atoms with E-state index < -0.39 is 0 Å². The second-order valence-corrected chi connectivity index (χ2v) is 11.7. The van der Waals surface area contributed by atoms with Crippen LogP contribution >= 0.6 is 11.3 Å². The van der Waals surface area contributed by atoms with E-state index >= 15 is 0 Å². The van der Waals surface area contributed by atoms with Gasteiger partial charge in [-0.25, -0.2) is 0 Å². The van der Waals surface area contributed by atoms with Gasteiger partial charge in [-0.2, -0.15) is 0 Å². The van der Waals surface area contributed by atoms with E-state index in [4.69, 9.17) is 0 Å². The minimum Gasteiger partial charge on any atom is -0.144 e. The summed E-state index contributed by atoms with van der Waals surface area (Å²) in [4.78, 5) is 3.32. The Kier molecular flexibility index (Phi) is 10.1. The first-order chi connectivity index (χ1) is 12.6. The molecule has 1 heteroatoms. The van der Waals surface area contributed by atoms with Gasteiger partial charge in [-0.1, -0.05) is 114 Å². The first kappa shape index (κ1) is 24.7. The highest BCUT2D eigenvalue weighted by molar-refractivity contribution is 7.12. The summed E-state index contributed by atoms with van der Waals surface area (Å²) in [5.41, 5.74) is 3.96. The summed E-state index contributed by atoms with van der Waals surface area (Å²) in [6.45, 7) is 21.5. The lowest BCUT2D eigenvalue weighted by Crippen LogP contribution is -2.15. The van der Waals surface area contributed by atoms with Gasteiger partial charge in [0.1, 0.15) is 0 Å². The van der Waals surface area contributed by atoms with Gasteiger partial charge in [-0.15, -0.1) is 11.3 Å². The second-order valence-electron chi connectivity index (χ2n) is 10.6.